The van der Waals surface area contributed by atoms with Crippen molar-refractivity contribution in [3.05, 3.63) is 16.8 Å². The minimum absolute atomic E-state index is 0.0418. The fourth-order valence-electron chi connectivity index (χ4n) is 1.18. The molecular weight excluding hydrogens is 195 g/mol. The first kappa shape index (κ1) is 8.69. The molecule has 0 saturated heterocycles. The maximum atomic E-state index is 13.4. The molecule has 5 heteroatoms. The maximum Gasteiger partial charge on any atom is 0.254 e. The van der Waals surface area contributed by atoms with Crippen molar-refractivity contribution in [1.82, 2.24) is 9.97 Å². The van der Waals surface area contributed by atoms with Gasteiger partial charge in [-0.3, -0.25) is 0 Å². The van der Waals surface area contributed by atoms with Crippen LogP contribution in [0.3, 0.4) is 0 Å². The molecule has 1 heterocycles. The predicted octanol–water partition coefficient (Wildman–Crippen LogP) is 2.16. The molecule has 1 aliphatic rings. The van der Waals surface area contributed by atoms with E-state index in [4.69, 9.17) is 16.3 Å². The van der Waals surface area contributed by atoms with Gasteiger partial charge in [-0.1, -0.05) is 0 Å². The van der Waals surface area contributed by atoms with Crippen LogP contribution >= 0.6 is 11.6 Å². The van der Waals surface area contributed by atoms with Gasteiger partial charge < -0.3 is 4.74 Å². The fraction of sp³-hybridized carbons (Fsp3) is 0.500. The number of nitrogens with zero attached hydrogens (tertiary/aromatic N) is 2. The zero-order valence-corrected chi connectivity index (χ0v) is 7.81. The molecule has 2 rings (SSSR count). The molecule has 0 aromatic carbocycles. The number of halogens is 2. The summed E-state index contributed by atoms with van der Waals surface area (Å²) in [6.45, 7) is 0. The molecule has 0 bridgehead atoms. The highest BCUT2D eigenvalue weighted by Gasteiger charge is 2.30. The first-order valence-corrected chi connectivity index (χ1v) is 4.37. The zero-order chi connectivity index (χ0) is 9.42. The van der Waals surface area contributed by atoms with Gasteiger partial charge in [-0.2, -0.15) is 9.37 Å². The van der Waals surface area contributed by atoms with Crippen LogP contribution in [0.1, 0.15) is 24.5 Å². The van der Waals surface area contributed by atoms with E-state index in [1.54, 1.807) is 0 Å². The second-order valence-electron chi connectivity index (χ2n) is 2.98. The monoisotopic (exact) mass is 202 g/mol. The van der Waals surface area contributed by atoms with Crippen molar-refractivity contribution in [1.29, 1.82) is 0 Å². The second-order valence-corrected chi connectivity index (χ2v) is 3.31. The van der Waals surface area contributed by atoms with Gasteiger partial charge in [0.15, 0.2) is 0 Å². The zero-order valence-electron chi connectivity index (χ0n) is 7.05. The quantitative estimate of drug-likeness (QED) is 0.690. The van der Waals surface area contributed by atoms with Gasteiger partial charge in [0, 0.05) is 5.92 Å². The Bertz CT molecular complexity index is 341. The fourth-order valence-corrected chi connectivity index (χ4v) is 1.35. The average molecular weight is 203 g/mol. The molecule has 0 atom stereocenters. The van der Waals surface area contributed by atoms with E-state index in [1.165, 1.54) is 7.11 Å². The van der Waals surface area contributed by atoms with Crippen LogP contribution in [0.2, 0.25) is 5.28 Å². The first-order chi connectivity index (χ1) is 6.22. The molecule has 13 heavy (non-hydrogen) atoms. The molecule has 1 fully saturated rings. The summed E-state index contributed by atoms with van der Waals surface area (Å²) in [5.74, 6) is -0.342. The number of methoxy groups -OCH3 is 1. The van der Waals surface area contributed by atoms with Crippen molar-refractivity contribution in [3.63, 3.8) is 0 Å². The summed E-state index contributed by atoms with van der Waals surface area (Å²) in [6.07, 6.45) is 1.93. The molecule has 0 amide bonds. The molecule has 1 saturated carbocycles. The van der Waals surface area contributed by atoms with E-state index in [0.29, 0.717) is 5.69 Å². The Morgan fingerprint density at radius 3 is 2.69 bits per heavy atom. The van der Waals surface area contributed by atoms with Crippen molar-refractivity contribution in [2.45, 2.75) is 18.8 Å². The average Bonchev–Trinajstić information content (AvgIpc) is 2.91. The summed E-state index contributed by atoms with van der Waals surface area (Å²) < 4.78 is 18.2. The topological polar surface area (TPSA) is 35.0 Å². The van der Waals surface area contributed by atoms with Crippen LogP contribution in [-0.2, 0) is 0 Å². The number of ether oxygens (including phenoxy) is 1. The molecule has 0 unspecified atom stereocenters. The highest BCUT2D eigenvalue weighted by atomic mass is 35.5. The molecular formula is C8H8ClFN2O. The van der Waals surface area contributed by atoms with Gasteiger partial charge >= 0.3 is 0 Å². The Morgan fingerprint density at radius 2 is 2.15 bits per heavy atom. The lowest BCUT2D eigenvalue weighted by molar-refractivity contribution is 0.364. The Kier molecular flexibility index (Phi) is 2.07. The Balaban J connectivity index is 2.47. The van der Waals surface area contributed by atoms with E-state index in [-0.39, 0.29) is 17.1 Å². The van der Waals surface area contributed by atoms with Crippen molar-refractivity contribution >= 4 is 11.6 Å². The summed E-state index contributed by atoms with van der Waals surface area (Å²) >= 11 is 5.60. The third-order valence-corrected chi connectivity index (χ3v) is 2.15. The largest absolute Gasteiger partial charge is 0.479 e. The molecule has 0 N–H and O–H groups in total. The molecule has 0 spiro atoms. The van der Waals surface area contributed by atoms with E-state index < -0.39 is 5.82 Å². The Hall–Kier alpha value is -0.900. The van der Waals surface area contributed by atoms with E-state index in [9.17, 15) is 4.39 Å². The second kappa shape index (κ2) is 3.10. The third kappa shape index (κ3) is 1.58. The Morgan fingerprint density at radius 1 is 1.46 bits per heavy atom. The summed E-state index contributed by atoms with van der Waals surface area (Å²) in [7, 11) is 1.36. The summed E-state index contributed by atoms with van der Waals surface area (Å²) in [5, 5.41) is 0.0418. The minimum Gasteiger partial charge on any atom is -0.479 e. The number of hydrogen-bond acceptors (Lipinski definition) is 3. The lowest BCUT2D eigenvalue weighted by Crippen LogP contribution is -2.00. The van der Waals surface area contributed by atoms with Crippen LogP contribution in [0, 0.1) is 5.82 Å². The predicted molar refractivity (Wildman–Crippen MR) is 45.5 cm³/mol. The van der Waals surface area contributed by atoms with Crippen LogP contribution in [0.5, 0.6) is 5.88 Å². The van der Waals surface area contributed by atoms with E-state index in [1.807, 2.05) is 0 Å². The highest BCUT2D eigenvalue weighted by Crippen LogP contribution is 2.41. The van der Waals surface area contributed by atoms with E-state index >= 15 is 0 Å². The maximum absolute atomic E-state index is 13.4. The van der Waals surface area contributed by atoms with Gasteiger partial charge in [-0.25, -0.2) is 4.98 Å². The smallest absolute Gasteiger partial charge is 0.254 e. The normalized spacial score (nSPS) is 15.9. The standard InChI is InChI=1S/C8H8ClFN2O/c1-13-7-5(10)6(4-2-3-4)11-8(9)12-7/h4H,2-3H2,1H3. The lowest BCUT2D eigenvalue weighted by atomic mass is 10.3. The molecule has 0 aliphatic heterocycles. The lowest BCUT2D eigenvalue weighted by Gasteiger charge is -2.04. The number of aromatic nitrogens is 2. The summed E-state index contributed by atoms with van der Waals surface area (Å²) in [5.41, 5.74) is 0.386. The molecule has 3 nitrogen and oxygen atoms in total. The minimum atomic E-state index is -0.477. The molecule has 0 radical (unpaired) electrons. The van der Waals surface area contributed by atoms with Gasteiger partial charge in [-0.15, -0.1) is 0 Å². The van der Waals surface area contributed by atoms with Gasteiger partial charge in [-0.05, 0) is 24.4 Å². The highest BCUT2D eigenvalue weighted by molar-refractivity contribution is 6.28. The molecule has 70 valence electrons. The molecule has 1 aromatic rings. The Labute approximate surface area is 79.9 Å². The molecule has 1 aromatic heterocycles. The van der Waals surface area contributed by atoms with Gasteiger partial charge in [0.05, 0.1) is 12.8 Å². The van der Waals surface area contributed by atoms with E-state index in [0.717, 1.165) is 12.8 Å². The SMILES string of the molecule is COc1nc(Cl)nc(C2CC2)c1F. The van der Waals surface area contributed by atoms with Gasteiger partial charge in [0.2, 0.25) is 11.1 Å². The van der Waals surface area contributed by atoms with Crippen LogP contribution in [0.4, 0.5) is 4.39 Å². The third-order valence-electron chi connectivity index (χ3n) is 1.98. The van der Waals surface area contributed by atoms with E-state index in [2.05, 4.69) is 9.97 Å². The number of hydrogen-bond donors (Lipinski definition) is 0. The van der Waals surface area contributed by atoms with Crippen molar-refractivity contribution in [2.75, 3.05) is 7.11 Å². The van der Waals surface area contributed by atoms with Gasteiger partial charge in [0.1, 0.15) is 0 Å². The van der Waals surface area contributed by atoms with Crippen molar-refractivity contribution < 1.29 is 9.13 Å². The van der Waals surface area contributed by atoms with Crippen LogP contribution in [-0.4, -0.2) is 17.1 Å². The number of rotatable bonds is 2. The van der Waals surface area contributed by atoms with Crippen LogP contribution < -0.4 is 4.74 Å². The first-order valence-electron chi connectivity index (χ1n) is 3.99. The molecule has 1 aliphatic carbocycles. The van der Waals surface area contributed by atoms with Crippen molar-refractivity contribution in [3.8, 4) is 5.88 Å². The van der Waals surface area contributed by atoms with Gasteiger partial charge in [0.25, 0.3) is 5.88 Å². The van der Waals surface area contributed by atoms with Crippen molar-refractivity contribution in [2.24, 2.45) is 0 Å². The summed E-state index contributed by atoms with van der Waals surface area (Å²) in [4.78, 5) is 7.46. The van der Waals surface area contributed by atoms with Crippen LogP contribution in [0.15, 0.2) is 0 Å². The summed E-state index contributed by atoms with van der Waals surface area (Å²) in [6, 6.07) is 0. The van der Waals surface area contributed by atoms with Crippen LogP contribution in [0.25, 0.3) is 0 Å².